The van der Waals surface area contributed by atoms with Crippen LogP contribution in [0.15, 0.2) is 36.5 Å². The average molecular weight is 201 g/mol. The summed E-state index contributed by atoms with van der Waals surface area (Å²) in [4.78, 5) is 10.8. The van der Waals surface area contributed by atoms with Gasteiger partial charge in [-0.3, -0.25) is 4.79 Å². The lowest BCUT2D eigenvalue weighted by molar-refractivity contribution is 0.112. The number of hydrogen-bond acceptors (Lipinski definition) is 3. The summed E-state index contributed by atoms with van der Waals surface area (Å²) in [6.45, 7) is 0.396. The first-order chi connectivity index (χ1) is 7.36. The van der Waals surface area contributed by atoms with Crippen LogP contribution in [-0.2, 0) is 6.54 Å². The number of aldehydes is 1. The maximum atomic E-state index is 10.8. The largest absolute Gasteiger partial charge is 0.325 e. The molecule has 0 aliphatic heterocycles. The van der Waals surface area contributed by atoms with Crippen molar-refractivity contribution in [2.24, 2.45) is 5.73 Å². The molecule has 4 heteroatoms. The number of nitrogens with two attached hydrogens (primary N) is 1. The lowest BCUT2D eigenvalue weighted by atomic mass is 10.2. The highest BCUT2D eigenvalue weighted by atomic mass is 16.1. The zero-order valence-corrected chi connectivity index (χ0v) is 8.13. The number of hydrogen-bond donors (Lipinski definition) is 1. The van der Waals surface area contributed by atoms with Crippen LogP contribution in [0.3, 0.4) is 0 Å². The molecular weight excluding hydrogens is 190 g/mol. The summed E-state index contributed by atoms with van der Waals surface area (Å²) in [6, 6.07) is 9.12. The van der Waals surface area contributed by atoms with E-state index in [0.717, 1.165) is 17.7 Å². The van der Waals surface area contributed by atoms with Gasteiger partial charge >= 0.3 is 0 Å². The smallest absolute Gasteiger partial charge is 0.152 e. The van der Waals surface area contributed by atoms with Gasteiger partial charge in [0.15, 0.2) is 6.29 Å². The molecule has 4 nitrogen and oxygen atoms in total. The van der Waals surface area contributed by atoms with Gasteiger partial charge in [0, 0.05) is 18.3 Å². The molecule has 0 amide bonds. The van der Waals surface area contributed by atoms with E-state index in [9.17, 15) is 4.79 Å². The Morgan fingerprint density at radius 1 is 1.33 bits per heavy atom. The maximum absolute atomic E-state index is 10.8. The second-order valence-corrected chi connectivity index (χ2v) is 3.12. The molecule has 0 spiro atoms. The van der Waals surface area contributed by atoms with Crippen LogP contribution in [-0.4, -0.2) is 16.1 Å². The quantitative estimate of drug-likeness (QED) is 0.757. The summed E-state index contributed by atoms with van der Waals surface area (Å²) < 4.78 is 1.68. The monoisotopic (exact) mass is 201 g/mol. The van der Waals surface area contributed by atoms with Gasteiger partial charge in [0.2, 0.25) is 0 Å². The molecule has 0 unspecified atom stereocenters. The first kappa shape index (κ1) is 9.61. The third kappa shape index (κ3) is 1.67. The van der Waals surface area contributed by atoms with Gasteiger partial charge in [-0.15, -0.1) is 0 Å². The molecule has 0 saturated heterocycles. The van der Waals surface area contributed by atoms with Crippen molar-refractivity contribution in [1.29, 1.82) is 0 Å². The van der Waals surface area contributed by atoms with Gasteiger partial charge in [0.25, 0.3) is 0 Å². The van der Waals surface area contributed by atoms with Crippen LogP contribution < -0.4 is 5.73 Å². The Bertz CT molecular complexity index is 476. The van der Waals surface area contributed by atoms with E-state index in [2.05, 4.69) is 5.10 Å². The van der Waals surface area contributed by atoms with Gasteiger partial charge < -0.3 is 5.73 Å². The molecular formula is C11H11N3O. The second kappa shape index (κ2) is 4.06. The van der Waals surface area contributed by atoms with Crippen molar-refractivity contribution in [1.82, 2.24) is 9.78 Å². The third-order valence-electron chi connectivity index (χ3n) is 2.22. The molecule has 1 heterocycles. The Labute approximate surface area is 87.3 Å². The van der Waals surface area contributed by atoms with E-state index in [1.807, 2.05) is 24.3 Å². The van der Waals surface area contributed by atoms with E-state index in [1.54, 1.807) is 16.9 Å². The van der Waals surface area contributed by atoms with Crippen molar-refractivity contribution in [3.63, 3.8) is 0 Å². The molecule has 0 radical (unpaired) electrons. The lowest BCUT2D eigenvalue weighted by Gasteiger charge is -2.07. The highest BCUT2D eigenvalue weighted by Gasteiger charge is 2.06. The summed E-state index contributed by atoms with van der Waals surface area (Å²) in [7, 11) is 0. The van der Waals surface area contributed by atoms with Gasteiger partial charge in [-0.1, -0.05) is 12.1 Å². The van der Waals surface area contributed by atoms with Crippen LogP contribution in [0.4, 0.5) is 0 Å². The molecule has 2 N–H and O–H groups in total. The Morgan fingerprint density at radius 3 is 2.87 bits per heavy atom. The Morgan fingerprint density at radius 2 is 2.13 bits per heavy atom. The van der Waals surface area contributed by atoms with E-state index in [-0.39, 0.29) is 0 Å². The molecule has 1 aromatic heterocycles. The highest BCUT2D eigenvalue weighted by Crippen LogP contribution is 2.13. The molecule has 0 saturated carbocycles. The minimum atomic E-state index is 0.396. The summed E-state index contributed by atoms with van der Waals surface area (Å²) in [5, 5.41) is 4.14. The summed E-state index contributed by atoms with van der Waals surface area (Å²) in [6.07, 6.45) is 2.49. The SMILES string of the molecule is NCc1ccnn1-c1ccccc1C=O. The van der Waals surface area contributed by atoms with Gasteiger partial charge in [-0.25, -0.2) is 4.68 Å². The summed E-state index contributed by atoms with van der Waals surface area (Å²) in [5.41, 5.74) is 7.82. The zero-order valence-electron chi connectivity index (χ0n) is 8.13. The molecule has 0 aliphatic carbocycles. The van der Waals surface area contributed by atoms with E-state index in [0.29, 0.717) is 12.1 Å². The fraction of sp³-hybridized carbons (Fsp3) is 0.0909. The standard InChI is InChI=1S/C11H11N3O/c12-7-10-5-6-13-14(10)11-4-2-1-3-9(11)8-15/h1-6,8H,7,12H2. The number of rotatable bonds is 3. The van der Waals surface area contributed by atoms with Crippen LogP contribution in [0.2, 0.25) is 0 Å². The number of carbonyl (C=O) groups excluding carboxylic acids is 1. The molecule has 1 aromatic carbocycles. The minimum Gasteiger partial charge on any atom is -0.325 e. The van der Waals surface area contributed by atoms with E-state index < -0.39 is 0 Å². The third-order valence-corrected chi connectivity index (χ3v) is 2.22. The van der Waals surface area contributed by atoms with Gasteiger partial charge in [0.1, 0.15) is 0 Å². The fourth-order valence-corrected chi connectivity index (χ4v) is 1.48. The highest BCUT2D eigenvalue weighted by molar-refractivity contribution is 5.80. The van der Waals surface area contributed by atoms with Crippen molar-refractivity contribution >= 4 is 6.29 Å². The topological polar surface area (TPSA) is 60.9 Å². The molecule has 2 rings (SSSR count). The van der Waals surface area contributed by atoms with Crippen molar-refractivity contribution < 1.29 is 4.79 Å². The predicted molar refractivity (Wildman–Crippen MR) is 56.8 cm³/mol. The zero-order chi connectivity index (χ0) is 10.7. The van der Waals surface area contributed by atoms with E-state index >= 15 is 0 Å². The van der Waals surface area contributed by atoms with Gasteiger partial charge in [-0.2, -0.15) is 5.10 Å². The molecule has 0 atom stereocenters. The Kier molecular flexibility index (Phi) is 2.60. The minimum absolute atomic E-state index is 0.396. The summed E-state index contributed by atoms with van der Waals surface area (Å²) >= 11 is 0. The van der Waals surface area contributed by atoms with Crippen molar-refractivity contribution in [2.75, 3.05) is 0 Å². The van der Waals surface area contributed by atoms with Crippen molar-refractivity contribution in [2.45, 2.75) is 6.54 Å². The predicted octanol–water partition coefficient (Wildman–Crippen LogP) is 1.14. The van der Waals surface area contributed by atoms with Crippen LogP contribution in [0.1, 0.15) is 16.1 Å². The van der Waals surface area contributed by atoms with E-state index in [1.165, 1.54) is 0 Å². The van der Waals surface area contributed by atoms with Crippen LogP contribution in [0.25, 0.3) is 5.69 Å². The Balaban J connectivity index is 2.58. The first-order valence-corrected chi connectivity index (χ1v) is 4.64. The fourth-order valence-electron chi connectivity index (χ4n) is 1.48. The molecule has 0 bridgehead atoms. The molecule has 0 aliphatic rings. The first-order valence-electron chi connectivity index (χ1n) is 4.64. The van der Waals surface area contributed by atoms with Crippen molar-refractivity contribution in [3.05, 3.63) is 47.8 Å². The van der Waals surface area contributed by atoms with Gasteiger partial charge in [0.05, 0.1) is 11.4 Å². The maximum Gasteiger partial charge on any atom is 0.152 e. The van der Waals surface area contributed by atoms with Crippen molar-refractivity contribution in [3.8, 4) is 5.69 Å². The molecule has 0 fully saturated rings. The van der Waals surface area contributed by atoms with Gasteiger partial charge in [-0.05, 0) is 18.2 Å². The molecule has 2 aromatic rings. The lowest BCUT2D eigenvalue weighted by Crippen LogP contribution is -2.08. The number of para-hydroxylation sites is 1. The normalized spacial score (nSPS) is 10.2. The van der Waals surface area contributed by atoms with Crippen LogP contribution in [0, 0.1) is 0 Å². The van der Waals surface area contributed by atoms with Crippen LogP contribution in [0.5, 0.6) is 0 Å². The number of nitrogens with zero attached hydrogens (tertiary/aromatic N) is 2. The Hall–Kier alpha value is -1.94. The molecule has 76 valence electrons. The second-order valence-electron chi connectivity index (χ2n) is 3.12. The van der Waals surface area contributed by atoms with Crippen LogP contribution >= 0.6 is 0 Å². The van der Waals surface area contributed by atoms with E-state index in [4.69, 9.17) is 5.73 Å². The summed E-state index contributed by atoms with van der Waals surface area (Å²) in [5.74, 6) is 0. The number of carbonyl (C=O) groups is 1. The average Bonchev–Trinajstić information content (AvgIpc) is 2.76. The number of aromatic nitrogens is 2. The number of benzene rings is 1. The molecule has 15 heavy (non-hydrogen) atoms.